The quantitative estimate of drug-likeness (QED) is 0.319. The topological polar surface area (TPSA) is 96.0 Å². The first-order valence-electron chi connectivity index (χ1n) is 13.4. The van der Waals surface area contributed by atoms with E-state index in [1.54, 1.807) is 0 Å². The van der Waals surface area contributed by atoms with E-state index in [2.05, 4.69) is 10.6 Å². The van der Waals surface area contributed by atoms with Crippen LogP contribution in [-0.2, 0) is 32.8 Å². The van der Waals surface area contributed by atoms with Gasteiger partial charge in [0.2, 0.25) is 0 Å². The van der Waals surface area contributed by atoms with Crippen LogP contribution in [0.5, 0.6) is 0 Å². The number of hydrogen-bond donors (Lipinski definition) is 0. The first-order valence-corrected chi connectivity index (χ1v) is 16.0. The minimum Gasteiger partial charge on any atom is -0.247 e. The highest BCUT2D eigenvalue weighted by Crippen LogP contribution is 2.21. The Morgan fingerprint density at radius 1 is 0.606 bits per heavy atom. The molecule has 1 aliphatic heterocycles. The number of rotatable bonds is 8. The Labute approximate surface area is 204 Å². The molecule has 1 aliphatic rings. The van der Waals surface area contributed by atoms with Gasteiger partial charge in [0.25, 0.3) is 0 Å². The van der Waals surface area contributed by atoms with E-state index in [1.165, 1.54) is 57.8 Å². The summed E-state index contributed by atoms with van der Waals surface area (Å²) in [6, 6.07) is 0. The molecule has 0 bridgehead atoms. The van der Waals surface area contributed by atoms with Gasteiger partial charge < -0.3 is 0 Å². The summed E-state index contributed by atoms with van der Waals surface area (Å²) in [6.07, 6.45) is 21.2. The lowest BCUT2D eigenvalue weighted by atomic mass is 10.0. The van der Waals surface area contributed by atoms with Crippen LogP contribution < -0.4 is 0 Å². The van der Waals surface area contributed by atoms with Crippen LogP contribution in [0.4, 0.5) is 0 Å². The Balaban J connectivity index is 2.59. The molecule has 7 nitrogen and oxygen atoms in total. The first-order chi connectivity index (χ1) is 15.8. The van der Waals surface area contributed by atoms with E-state index in [1.807, 2.05) is 0 Å². The maximum atomic E-state index is 12.3. The molecule has 1 heterocycles. The maximum Gasteiger partial charge on any atom is 0.416 e. The predicted octanol–water partition coefficient (Wildman–Crippen LogP) is 7.12. The molecular formula is C24H48O7S2. The third kappa shape index (κ3) is 18.7. The molecule has 1 unspecified atom stereocenters. The fourth-order valence-electron chi connectivity index (χ4n) is 4.28. The van der Waals surface area contributed by atoms with Crippen molar-refractivity contribution in [2.45, 2.75) is 148 Å². The van der Waals surface area contributed by atoms with E-state index in [0.717, 1.165) is 57.8 Å². The molecule has 1 fully saturated rings. The van der Waals surface area contributed by atoms with Crippen LogP contribution in [0.15, 0.2) is 0 Å². The summed E-state index contributed by atoms with van der Waals surface area (Å²) in [5, 5.41) is 0. The second-order valence-electron chi connectivity index (χ2n) is 9.37. The normalized spacial score (nSPS) is 24.7. The number of unbranched alkanes of at least 4 members (excludes halogenated alkanes) is 6. The van der Waals surface area contributed by atoms with Gasteiger partial charge >= 0.3 is 20.8 Å². The molecule has 1 atom stereocenters. The van der Waals surface area contributed by atoms with Crippen molar-refractivity contribution >= 4 is 20.8 Å². The molecule has 0 aliphatic carbocycles. The van der Waals surface area contributed by atoms with E-state index >= 15 is 0 Å². The molecule has 0 aromatic heterocycles. The average Bonchev–Trinajstić information content (AvgIpc) is 2.73. The highest BCUT2D eigenvalue weighted by molar-refractivity contribution is 7.95. The van der Waals surface area contributed by atoms with Crippen LogP contribution in [0.25, 0.3) is 0 Å². The van der Waals surface area contributed by atoms with Crippen molar-refractivity contribution in [1.82, 2.24) is 0 Å². The van der Waals surface area contributed by atoms with Crippen LogP contribution >= 0.6 is 0 Å². The van der Waals surface area contributed by atoms with Crippen molar-refractivity contribution in [1.29, 1.82) is 0 Å². The molecule has 0 radical (unpaired) electrons. The molecule has 1 rings (SSSR count). The number of hydrogen-bond acceptors (Lipinski definition) is 7. The lowest BCUT2D eigenvalue weighted by Gasteiger charge is -2.17. The SMILES string of the molecule is CCCCCCCCCC1CCCCCCCCCCCCCCOS(=O)(=O)OS(=O)(=O)O1. The van der Waals surface area contributed by atoms with Gasteiger partial charge in [-0.1, -0.05) is 122 Å². The minimum atomic E-state index is -4.70. The second kappa shape index (κ2) is 19.0. The zero-order chi connectivity index (χ0) is 24.3. The van der Waals surface area contributed by atoms with Crippen molar-refractivity contribution < 1.29 is 28.8 Å². The zero-order valence-corrected chi connectivity index (χ0v) is 22.4. The molecule has 198 valence electrons. The van der Waals surface area contributed by atoms with Gasteiger partial charge in [0.05, 0.1) is 12.7 Å². The molecule has 0 N–H and O–H groups in total. The van der Waals surface area contributed by atoms with Crippen molar-refractivity contribution in [2.24, 2.45) is 0 Å². The van der Waals surface area contributed by atoms with E-state index in [4.69, 9.17) is 8.37 Å². The second-order valence-corrected chi connectivity index (χ2v) is 12.0. The maximum absolute atomic E-state index is 12.3. The molecular weight excluding hydrogens is 464 g/mol. The van der Waals surface area contributed by atoms with Crippen molar-refractivity contribution in [3.63, 3.8) is 0 Å². The lowest BCUT2D eigenvalue weighted by Crippen LogP contribution is -2.24. The van der Waals surface area contributed by atoms with E-state index in [0.29, 0.717) is 19.3 Å². The van der Waals surface area contributed by atoms with Gasteiger partial charge in [0, 0.05) is 0 Å². The molecule has 0 amide bonds. The van der Waals surface area contributed by atoms with Gasteiger partial charge in [0.15, 0.2) is 0 Å². The third-order valence-corrected chi connectivity index (χ3v) is 8.49. The van der Waals surface area contributed by atoms with Crippen LogP contribution in [0, 0.1) is 0 Å². The van der Waals surface area contributed by atoms with Crippen LogP contribution in [-0.4, -0.2) is 29.5 Å². The molecule has 0 aromatic rings. The Morgan fingerprint density at radius 2 is 1.09 bits per heavy atom. The Morgan fingerprint density at radius 3 is 1.67 bits per heavy atom. The summed E-state index contributed by atoms with van der Waals surface area (Å²) in [7, 11) is -9.35. The van der Waals surface area contributed by atoms with Gasteiger partial charge in [-0.05, 0) is 19.3 Å². The van der Waals surface area contributed by atoms with Gasteiger partial charge in [-0.15, -0.1) is 3.63 Å². The zero-order valence-electron chi connectivity index (χ0n) is 20.8. The smallest absolute Gasteiger partial charge is 0.247 e. The molecule has 0 spiro atoms. The fourth-order valence-corrected chi connectivity index (χ4v) is 6.23. The first kappa shape index (κ1) is 30.8. The highest BCUT2D eigenvalue weighted by Gasteiger charge is 2.28. The molecule has 0 aromatic carbocycles. The predicted molar refractivity (Wildman–Crippen MR) is 132 cm³/mol. The Bertz CT molecular complexity index is 662. The third-order valence-electron chi connectivity index (χ3n) is 6.20. The fraction of sp³-hybridized carbons (Fsp3) is 1.00. The Kier molecular flexibility index (Phi) is 17.8. The van der Waals surface area contributed by atoms with Gasteiger partial charge in [-0.25, -0.2) is 8.37 Å². The summed E-state index contributed by atoms with van der Waals surface area (Å²) in [5.74, 6) is 0. The van der Waals surface area contributed by atoms with Gasteiger partial charge in [-0.3, -0.25) is 0 Å². The lowest BCUT2D eigenvalue weighted by molar-refractivity contribution is 0.155. The summed E-state index contributed by atoms with van der Waals surface area (Å²) >= 11 is 0. The van der Waals surface area contributed by atoms with E-state index in [-0.39, 0.29) is 6.61 Å². The summed E-state index contributed by atoms with van der Waals surface area (Å²) in [5.41, 5.74) is 0. The van der Waals surface area contributed by atoms with Crippen LogP contribution in [0.2, 0.25) is 0 Å². The van der Waals surface area contributed by atoms with Gasteiger partial charge in [0.1, 0.15) is 0 Å². The molecule has 33 heavy (non-hydrogen) atoms. The highest BCUT2D eigenvalue weighted by atomic mass is 32.3. The van der Waals surface area contributed by atoms with Crippen molar-refractivity contribution in [3.05, 3.63) is 0 Å². The monoisotopic (exact) mass is 512 g/mol. The van der Waals surface area contributed by atoms with Gasteiger partial charge in [-0.2, -0.15) is 16.8 Å². The molecule has 9 heteroatoms. The minimum absolute atomic E-state index is 0.0840. The molecule has 1 saturated heterocycles. The summed E-state index contributed by atoms with van der Waals surface area (Å²) in [4.78, 5) is 0. The Hall–Kier alpha value is -0.220. The molecule has 0 saturated carbocycles. The standard InChI is InChI=1S/C24H48O7S2/c1-2-3-4-5-12-15-18-21-24-22-19-16-13-10-8-6-7-9-11-14-17-20-23-29-32(25,26)31-33(27,28)30-24/h24H,2-23H2,1H3. The van der Waals surface area contributed by atoms with Crippen LogP contribution in [0.1, 0.15) is 142 Å². The summed E-state index contributed by atoms with van der Waals surface area (Å²) in [6.45, 7) is 2.10. The van der Waals surface area contributed by atoms with Crippen molar-refractivity contribution in [3.8, 4) is 0 Å². The summed E-state index contributed by atoms with van der Waals surface area (Å²) < 4.78 is 62.7. The van der Waals surface area contributed by atoms with E-state index in [9.17, 15) is 16.8 Å². The largest absolute Gasteiger partial charge is 0.416 e. The average molecular weight is 513 g/mol. The van der Waals surface area contributed by atoms with Crippen molar-refractivity contribution in [2.75, 3.05) is 6.61 Å². The van der Waals surface area contributed by atoms with E-state index < -0.39 is 26.9 Å². The van der Waals surface area contributed by atoms with Crippen LogP contribution in [0.3, 0.4) is 0 Å².